The van der Waals surface area contributed by atoms with E-state index in [2.05, 4.69) is 35.9 Å². The fraction of sp³-hybridized carbons (Fsp3) is 0.348. The lowest BCUT2D eigenvalue weighted by Crippen LogP contribution is -2.41. The molecule has 1 saturated heterocycles. The number of pyridine rings is 2. The molecule has 1 aromatic carbocycles. The van der Waals surface area contributed by atoms with Crippen molar-refractivity contribution in [1.29, 1.82) is 0 Å². The monoisotopic (exact) mass is 375 g/mol. The number of likely N-dealkylation sites (tertiary alicyclic amines) is 1. The molecule has 3 heterocycles. The first-order chi connectivity index (χ1) is 13.5. The highest BCUT2D eigenvalue weighted by molar-refractivity contribution is 6.07. The summed E-state index contributed by atoms with van der Waals surface area (Å²) in [5.41, 5.74) is 4.80. The Hall–Kier alpha value is -2.95. The summed E-state index contributed by atoms with van der Waals surface area (Å²) in [6.45, 7) is 7.44. The molecule has 0 unspecified atom stereocenters. The first kappa shape index (κ1) is 18.4. The summed E-state index contributed by atoms with van der Waals surface area (Å²) in [4.78, 5) is 24.0. The Morgan fingerprint density at radius 2 is 1.93 bits per heavy atom. The molecule has 0 atom stereocenters. The molecule has 28 heavy (non-hydrogen) atoms. The van der Waals surface area contributed by atoms with Gasteiger partial charge in [-0.25, -0.2) is 0 Å². The Morgan fingerprint density at radius 1 is 1.14 bits per heavy atom. The first-order valence-corrected chi connectivity index (χ1v) is 9.76. The Morgan fingerprint density at radius 3 is 2.64 bits per heavy atom. The minimum Gasteiger partial charge on any atom is -0.489 e. The molecule has 3 aromatic rings. The molecular formula is C23H25N3O2. The van der Waals surface area contributed by atoms with Gasteiger partial charge < -0.3 is 9.64 Å². The molecular weight excluding hydrogens is 350 g/mol. The van der Waals surface area contributed by atoms with Crippen LogP contribution in [-0.4, -0.2) is 40.0 Å². The summed E-state index contributed by atoms with van der Waals surface area (Å²) in [6.07, 6.45) is 5.22. The van der Waals surface area contributed by atoms with E-state index in [1.807, 2.05) is 30.0 Å². The van der Waals surface area contributed by atoms with Crippen molar-refractivity contribution >= 4 is 16.8 Å². The van der Waals surface area contributed by atoms with Crippen molar-refractivity contribution in [3.05, 3.63) is 65.1 Å². The molecule has 1 aliphatic heterocycles. The van der Waals surface area contributed by atoms with Gasteiger partial charge in [-0.05, 0) is 50.6 Å². The van der Waals surface area contributed by atoms with E-state index in [1.165, 1.54) is 0 Å². The van der Waals surface area contributed by atoms with Crippen LogP contribution in [0.1, 0.15) is 40.0 Å². The molecule has 0 bridgehead atoms. The third kappa shape index (κ3) is 3.70. The van der Waals surface area contributed by atoms with Gasteiger partial charge in [0.15, 0.2) is 0 Å². The minimum atomic E-state index is 0.0836. The number of fused-ring (bicyclic) bond motifs is 1. The fourth-order valence-electron chi connectivity index (χ4n) is 3.94. The first-order valence-electron chi connectivity index (χ1n) is 9.76. The number of carbonyl (C=O) groups is 1. The summed E-state index contributed by atoms with van der Waals surface area (Å²) in [7, 11) is 0. The maximum absolute atomic E-state index is 13.3. The molecule has 1 fully saturated rings. The Bertz CT molecular complexity index is 1010. The molecule has 144 valence electrons. The average Bonchev–Trinajstić information content (AvgIpc) is 2.69. The fourth-order valence-corrected chi connectivity index (χ4v) is 3.94. The lowest BCUT2D eigenvalue weighted by atomic mass is 9.99. The molecule has 1 amide bonds. The number of hydrogen-bond acceptors (Lipinski definition) is 4. The Kier molecular flexibility index (Phi) is 4.99. The van der Waals surface area contributed by atoms with Crippen LogP contribution >= 0.6 is 0 Å². The van der Waals surface area contributed by atoms with Crippen LogP contribution in [0.4, 0.5) is 0 Å². The quantitative estimate of drug-likeness (QED) is 0.687. The predicted molar refractivity (Wildman–Crippen MR) is 110 cm³/mol. The standard InChI is InChI=1S/C23H25N3O2/c1-15-11-16(2)22-20(12-15)21(13-17(3)25-22)23(27)26-9-6-18(7-10-26)28-19-5-4-8-24-14-19/h4-5,8,11-14,18H,6-7,9-10H2,1-3H3. The highest BCUT2D eigenvalue weighted by atomic mass is 16.5. The Balaban J connectivity index is 1.53. The molecule has 1 aliphatic rings. The van der Waals surface area contributed by atoms with Crippen molar-refractivity contribution < 1.29 is 9.53 Å². The van der Waals surface area contributed by atoms with Gasteiger partial charge in [-0.3, -0.25) is 14.8 Å². The third-order valence-electron chi connectivity index (χ3n) is 5.27. The molecule has 0 spiro atoms. The number of carbonyl (C=O) groups excluding carboxylic acids is 1. The number of ether oxygens (including phenoxy) is 1. The number of aromatic nitrogens is 2. The van der Waals surface area contributed by atoms with Crippen LogP contribution in [0.2, 0.25) is 0 Å². The van der Waals surface area contributed by atoms with Crippen molar-refractivity contribution in [2.75, 3.05) is 13.1 Å². The topological polar surface area (TPSA) is 55.3 Å². The molecule has 4 rings (SSSR count). The van der Waals surface area contributed by atoms with E-state index in [0.29, 0.717) is 13.1 Å². The summed E-state index contributed by atoms with van der Waals surface area (Å²) in [6, 6.07) is 9.89. The number of rotatable bonds is 3. The van der Waals surface area contributed by atoms with Crippen LogP contribution in [0.25, 0.3) is 10.9 Å². The number of aryl methyl sites for hydroxylation is 3. The Labute approximate surface area is 165 Å². The molecule has 2 aromatic heterocycles. The van der Waals surface area contributed by atoms with Gasteiger partial charge >= 0.3 is 0 Å². The van der Waals surface area contributed by atoms with E-state index >= 15 is 0 Å². The number of amides is 1. The van der Waals surface area contributed by atoms with E-state index in [4.69, 9.17) is 4.74 Å². The van der Waals surface area contributed by atoms with Gasteiger partial charge in [0.25, 0.3) is 5.91 Å². The second-order valence-corrected chi connectivity index (χ2v) is 7.59. The van der Waals surface area contributed by atoms with E-state index in [-0.39, 0.29) is 12.0 Å². The van der Waals surface area contributed by atoms with Gasteiger partial charge in [-0.15, -0.1) is 0 Å². The third-order valence-corrected chi connectivity index (χ3v) is 5.27. The van der Waals surface area contributed by atoms with Gasteiger partial charge in [-0.2, -0.15) is 0 Å². The van der Waals surface area contributed by atoms with Gasteiger partial charge in [0.2, 0.25) is 0 Å². The van der Waals surface area contributed by atoms with Gasteiger partial charge in [0.05, 0.1) is 17.3 Å². The molecule has 0 aliphatic carbocycles. The van der Waals surface area contributed by atoms with Crippen molar-refractivity contribution in [3.63, 3.8) is 0 Å². The van der Waals surface area contributed by atoms with E-state index in [1.54, 1.807) is 12.4 Å². The van der Waals surface area contributed by atoms with E-state index in [9.17, 15) is 4.79 Å². The highest BCUT2D eigenvalue weighted by Crippen LogP contribution is 2.26. The highest BCUT2D eigenvalue weighted by Gasteiger charge is 2.26. The molecule has 5 heteroatoms. The summed E-state index contributed by atoms with van der Waals surface area (Å²) in [5, 5.41) is 0.946. The molecule has 0 saturated carbocycles. The second-order valence-electron chi connectivity index (χ2n) is 7.59. The number of hydrogen-bond donors (Lipinski definition) is 0. The summed E-state index contributed by atoms with van der Waals surface area (Å²) >= 11 is 0. The van der Waals surface area contributed by atoms with Crippen LogP contribution in [0.5, 0.6) is 5.75 Å². The van der Waals surface area contributed by atoms with Crippen LogP contribution in [0, 0.1) is 20.8 Å². The van der Waals surface area contributed by atoms with Crippen LogP contribution in [0.15, 0.2) is 42.7 Å². The summed E-state index contributed by atoms with van der Waals surface area (Å²) < 4.78 is 6.00. The van der Waals surface area contributed by atoms with Crippen molar-refractivity contribution in [2.45, 2.75) is 39.7 Å². The smallest absolute Gasteiger partial charge is 0.254 e. The molecule has 0 radical (unpaired) electrons. The number of piperidine rings is 1. The second kappa shape index (κ2) is 7.58. The maximum Gasteiger partial charge on any atom is 0.254 e. The minimum absolute atomic E-state index is 0.0836. The van der Waals surface area contributed by atoms with Gasteiger partial charge in [0.1, 0.15) is 11.9 Å². The number of nitrogens with zero attached hydrogens (tertiary/aromatic N) is 3. The number of benzene rings is 1. The van der Waals surface area contributed by atoms with E-state index < -0.39 is 0 Å². The maximum atomic E-state index is 13.3. The van der Waals surface area contributed by atoms with E-state index in [0.717, 1.165) is 51.9 Å². The zero-order valence-corrected chi connectivity index (χ0v) is 16.6. The van der Waals surface area contributed by atoms with Crippen molar-refractivity contribution in [1.82, 2.24) is 14.9 Å². The van der Waals surface area contributed by atoms with Crippen molar-refractivity contribution in [2.24, 2.45) is 0 Å². The molecule has 0 N–H and O–H groups in total. The van der Waals surface area contributed by atoms with Crippen LogP contribution in [-0.2, 0) is 0 Å². The lowest BCUT2D eigenvalue weighted by Gasteiger charge is -2.32. The largest absolute Gasteiger partial charge is 0.489 e. The van der Waals surface area contributed by atoms with Gasteiger partial charge in [0, 0.05) is 43.2 Å². The lowest BCUT2D eigenvalue weighted by molar-refractivity contribution is 0.0596. The van der Waals surface area contributed by atoms with Crippen LogP contribution in [0.3, 0.4) is 0 Å². The normalized spacial score (nSPS) is 15.0. The average molecular weight is 375 g/mol. The predicted octanol–water partition coefficient (Wildman–Crippen LogP) is 4.24. The molecule has 5 nitrogen and oxygen atoms in total. The zero-order chi connectivity index (χ0) is 19.7. The van der Waals surface area contributed by atoms with Gasteiger partial charge in [-0.1, -0.05) is 11.6 Å². The summed E-state index contributed by atoms with van der Waals surface area (Å²) in [5.74, 6) is 0.870. The zero-order valence-electron chi connectivity index (χ0n) is 16.6. The SMILES string of the molecule is Cc1cc(C)c2nc(C)cc(C(=O)N3CCC(Oc4cccnc4)CC3)c2c1. The van der Waals surface area contributed by atoms with Crippen molar-refractivity contribution in [3.8, 4) is 5.75 Å². The van der Waals surface area contributed by atoms with Crippen LogP contribution < -0.4 is 4.74 Å².